The Morgan fingerprint density at radius 2 is 2.31 bits per heavy atom. The van der Waals surface area contributed by atoms with Crippen LogP contribution in [-0.2, 0) is 6.54 Å². The SMILES string of the molecule is CCC(O)Cn1cc(-c2csc(C)n2)nn1. The monoisotopic (exact) mass is 238 g/mol. The van der Waals surface area contributed by atoms with Crippen LogP contribution in [0.2, 0.25) is 0 Å². The lowest BCUT2D eigenvalue weighted by Crippen LogP contribution is -2.15. The van der Waals surface area contributed by atoms with Crippen molar-refractivity contribution in [3.8, 4) is 11.4 Å². The maximum absolute atomic E-state index is 9.49. The van der Waals surface area contributed by atoms with E-state index in [1.165, 1.54) is 0 Å². The molecule has 1 atom stereocenters. The number of aliphatic hydroxyl groups is 1. The Labute approximate surface area is 97.8 Å². The second-order valence-electron chi connectivity index (χ2n) is 3.64. The summed E-state index contributed by atoms with van der Waals surface area (Å²) in [6.45, 7) is 4.37. The highest BCUT2D eigenvalue weighted by Crippen LogP contribution is 2.18. The molecule has 5 nitrogen and oxygen atoms in total. The molecule has 0 bridgehead atoms. The highest BCUT2D eigenvalue weighted by molar-refractivity contribution is 7.09. The van der Waals surface area contributed by atoms with E-state index in [-0.39, 0.29) is 6.10 Å². The van der Waals surface area contributed by atoms with Gasteiger partial charge in [0.1, 0.15) is 11.4 Å². The first-order valence-electron chi connectivity index (χ1n) is 5.19. The Bertz CT molecular complexity index is 465. The Morgan fingerprint density at radius 3 is 2.94 bits per heavy atom. The summed E-state index contributed by atoms with van der Waals surface area (Å²) >= 11 is 1.59. The second-order valence-corrected chi connectivity index (χ2v) is 4.70. The Balaban J connectivity index is 2.13. The van der Waals surface area contributed by atoms with Crippen molar-refractivity contribution in [1.29, 1.82) is 0 Å². The molecule has 86 valence electrons. The zero-order valence-electron chi connectivity index (χ0n) is 9.29. The van der Waals surface area contributed by atoms with E-state index < -0.39 is 0 Å². The second kappa shape index (κ2) is 4.71. The smallest absolute Gasteiger partial charge is 0.132 e. The number of aryl methyl sites for hydroxylation is 1. The molecular weight excluding hydrogens is 224 g/mol. The first-order valence-corrected chi connectivity index (χ1v) is 6.07. The van der Waals surface area contributed by atoms with Crippen LogP contribution in [0, 0.1) is 6.92 Å². The number of aliphatic hydroxyl groups excluding tert-OH is 1. The number of nitrogens with zero attached hydrogens (tertiary/aromatic N) is 4. The van der Waals surface area contributed by atoms with E-state index in [0.717, 1.165) is 16.4 Å². The maximum atomic E-state index is 9.49. The molecule has 0 spiro atoms. The van der Waals surface area contributed by atoms with Crippen molar-refractivity contribution in [3.05, 3.63) is 16.6 Å². The van der Waals surface area contributed by atoms with E-state index in [1.54, 1.807) is 16.0 Å². The van der Waals surface area contributed by atoms with Crippen LogP contribution in [-0.4, -0.2) is 31.2 Å². The van der Waals surface area contributed by atoms with Gasteiger partial charge in [0.15, 0.2) is 0 Å². The summed E-state index contributed by atoms with van der Waals surface area (Å²) in [5.74, 6) is 0. The lowest BCUT2D eigenvalue weighted by molar-refractivity contribution is 0.144. The van der Waals surface area contributed by atoms with Gasteiger partial charge < -0.3 is 5.11 Å². The standard InChI is InChI=1S/C10H14N4OS/c1-3-8(15)4-14-5-9(12-13-14)10-6-16-7(2)11-10/h5-6,8,15H,3-4H2,1-2H3. The fourth-order valence-electron chi connectivity index (χ4n) is 1.33. The third-order valence-electron chi connectivity index (χ3n) is 2.29. The molecule has 0 aromatic carbocycles. The van der Waals surface area contributed by atoms with E-state index in [0.29, 0.717) is 13.0 Å². The molecule has 0 fully saturated rings. The molecule has 0 saturated heterocycles. The summed E-state index contributed by atoms with van der Waals surface area (Å²) in [5.41, 5.74) is 1.60. The van der Waals surface area contributed by atoms with Crippen LogP contribution >= 0.6 is 11.3 Å². The van der Waals surface area contributed by atoms with Gasteiger partial charge in [-0.15, -0.1) is 16.4 Å². The van der Waals surface area contributed by atoms with Crippen LogP contribution in [0.15, 0.2) is 11.6 Å². The molecule has 2 aromatic rings. The van der Waals surface area contributed by atoms with Crippen LogP contribution in [0.5, 0.6) is 0 Å². The van der Waals surface area contributed by atoms with Crippen LogP contribution in [0.3, 0.4) is 0 Å². The summed E-state index contributed by atoms with van der Waals surface area (Å²) in [5, 5.41) is 20.5. The number of thiazole rings is 1. The van der Waals surface area contributed by atoms with Crippen molar-refractivity contribution in [2.75, 3.05) is 0 Å². The minimum atomic E-state index is -0.369. The summed E-state index contributed by atoms with van der Waals surface area (Å²) in [7, 11) is 0. The van der Waals surface area contributed by atoms with Gasteiger partial charge in [0.05, 0.1) is 23.9 Å². The lowest BCUT2D eigenvalue weighted by atomic mass is 10.3. The van der Waals surface area contributed by atoms with Gasteiger partial charge in [-0.3, -0.25) is 0 Å². The van der Waals surface area contributed by atoms with E-state index in [4.69, 9.17) is 0 Å². The minimum absolute atomic E-state index is 0.369. The minimum Gasteiger partial charge on any atom is -0.391 e. The normalized spacial score (nSPS) is 12.9. The molecule has 0 radical (unpaired) electrons. The van der Waals surface area contributed by atoms with Gasteiger partial charge in [0, 0.05) is 5.38 Å². The fraction of sp³-hybridized carbons (Fsp3) is 0.500. The summed E-state index contributed by atoms with van der Waals surface area (Å²) < 4.78 is 1.65. The van der Waals surface area contributed by atoms with Crippen molar-refractivity contribution >= 4 is 11.3 Å². The zero-order valence-corrected chi connectivity index (χ0v) is 10.1. The molecule has 1 N–H and O–H groups in total. The van der Waals surface area contributed by atoms with Crippen molar-refractivity contribution in [2.45, 2.75) is 32.9 Å². The van der Waals surface area contributed by atoms with Crippen molar-refractivity contribution in [3.63, 3.8) is 0 Å². The largest absolute Gasteiger partial charge is 0.391 e. The van der Waals surface area contributed by atoms with Gasteiger partial charge in [-0.05, 0) is 13.3 Å². The quantitative estimate of drug-likeness (QED) is 0.876. The molecule has 2 rings (SSSR count). The summed E-state index contributed by atoms with van der Waals surface area (Å²) in [4.78, 5) is 4.33. The summed E-state index contributed by atoms with van der Waals surface area (Å²) in [6, 6.07) is 0. The van der Waals surface area contributed by atoms with Crippen molar-refractivity contribution < 1.29 is 5.11 Å². The van der Waals surface area contributed by atoms with E-state index in [9.17, 15) is 5.11 Å². The predicted octanol–water partition coefficient (Wildman–Crippen LogP) is 1.48. The van der Waals surface area contributed by atoms with Gasteiger partial charge >= 0.3 is 0 Å². The lowest BCUT2D eigenvalue weighted by Gasteiger charge is -2.05. The molecule has 2 aromatic heterocycles. The molecule has 0 saturated carbocycles. The van der Waals surface area contributed by atoms with Crippen molar-refractivity contribution in [1.82, 2.24) is 20.0 Å². The molecule has 0 aliphatic carbocycles. The molecule has 0 aliphatic rings. The van der Waals surface area contributed by atoms with Crippen molar-refractivity contribution in [2.24, 2.45) is 0 Å². The number of rotatable bonds is 4. The molecule has 0 amide bonds. The van der Waals surface area contributed by atoms with E-state index in [1.807, 2.05) is 25.4 Å². The number of hydrogen-bond acceptors (Lipinski definition) is 5. The third-order valence-corrected chi connectivity index (χ3v) is 3.06. The molecule has 16 heavy (non-hydrogen) atoms. The van der Waals surface area contributed by atoms with E-state index in [2.05, 4.69) is 15.3 Å². The van der Waals surface area contributed by atoms with Gasteiger partial charge in [0.2, 0.25) is 0 Å². The fourth-order valence-corrected chi connectivity index (χ4v) is 1.94. The average Bonchev–Trinajstić information content (AvgIpc) is 2.87. The zero-order chi connectivity index (χ0) is 11.5. The maximum Gasteiger partial charge on any atom is 0.132 e. The van der Waals surface area contributed by atoms with Gasteiger partial charge in [0.25, 0.3) is 0 Å². The highest BCUT2D eigenvalue weighted by atomic mass is 32.1. The third kappa shape index (κ3) is 2.45. The van der Waals surface area contributed by atoms with Crippen LogP contribution < -0.4 is 0 Å². The van der Waals surface area contributed by atoms with Gasteiger partial charge in [-0.25, -0.2) is 9.67 Å². The van der Waals surface area contributed by atoms with Crippen LogP contribution in [0.1, 0.15) is 18.4 Å². The molecule has 0 aliphatic heterocycles. The van der Waals surface area contributed by atoms with Gasteiger partial charge in [-0.2, -0.15) is 0 Å². The van der Waals surface area contributed by atoms with E-state index >= 15 is 0 Å². The van der Waals surface area contributed by atoms with Crippen LogP contribution in [0.25, 0.3) is 11.4 Å². The molecule has 1 unspecified atom stereocenters. The topological polar surface area (TPSA) is 63.8 Å². The summed E-state index contributed by atoms with van der Waals surface area (Å²) in [6.07, 6.45) is 2.16. The molecular formula is C10H14N4OS. The molecule has 2 heterocycles. The Kier molecular flexibility index (Phi) is 3.31. The Hall–Kier alpha value is -1.27. The number of aromatic nitrogens is 4. The van der Waals surface area contributed by atoms with Crippen LogP contribution in [0.4, 0.5) is 0 Å². The Morgan fingerprint density at radius 1 is 1.50 bits per heavy atom. The first-order chi connectivity index (χ1) is 7.69. The first kappa shape index (κ1) is 11.2. The average molecular weight is 238 g/mol. The highest BCUT2D eigenvalue weighted by Gasteiger charge is 2.09. The number of hydrogen-bond donors (Lipinski definition) is 1. The van der Waals surface area contributed by atoms with Gasteiger partial charge in [-0.1, -0.05) is 12.1 Å². The predicted molar refractivity (Wildman–Crippen MR) is 62.2 cm³/mol. The molecule has 6 heteroatoms.